The molecule has 1 aromatic carbocycles. The zero-order valence-electron chi connectivity index (χ0n) is 11.9. The fourth-order valence-corrected chi connectivity index (χ4v) is 2.02. The highest BCUT2D eigenvalue weighted by Crippen LogP contribution is 2.29. The van der Waals surface area contributed by atoms with E-state index < -0.39 is 0 Å². The zero-order chi connectivity index (χ0) is 14.5. The number of carbonyl (C=O) groups is 1. The molecule has 20 heavy (non-hydrogen) atoms. The van der Waals surface area contributed by atoms with Gasteiger partial charge in [-0.15, -0.1) is 0 Å². The molecule has 1 heterocycles. The van der Waals surface area contributed by atoms with Crippen molar-refractivity contribution >= 4 is 5.97 Å². The summed E-state index contributed by atoms with van der Waals surface area (Å²) >= 11 is 0. The molecule has 0 bridgehead atoms. The first-order valence-electron chi connectivity index (χ1n) is 6.59. The third kappa shape index (κ3) is 2.66. The van der Waals surface area contributed by atoms with Gasteiger partial charge >= 0.3 is 5.97 Å². The summed E-state index contributed by atoms with van der Waals surface area (Å²) in [7, 11) is 1.61. The van der Waals surface area contributed by atoms with Crippen molar-refractivity contribution in [1.29, 1.82) is 0 Å². The number of esters is 1. The van der Waals surface area contributed by atoms with Gasteiger partial charge in [0, 0.05) is 12.1 Å². The minimum absolute atomic E-state index is 0.345. The van der Waals surface area contributed by atoms with E-state index in [1.165, 1.54) is 0 Å². The lowest BCUT2D eigenvalue weighted by molar-refractivity contribution is 0.0512. The van der Waals surface area contributed by atoms with E-state index in [4.69, 9.17) is 9.47 Å². The molecule has 0 radical (unpaired) electrons. The zero-order valence-corrected chi connectivity index (χ0v) is 11.9. The Morgan fingerprint density at radius 1 is 1.30 bits per heavy atom. The molecule has 0 aliphatic rings. The Morgan fingerprint density at radius 2 is 2.05 bits per heavy atom. The van der Waals surface area contributed by atoms with Gasteiger partial charge in [0.15, 0.2) is 0 Å². The molecule has 0 aliphatic carbocycles. The first kappa shape index (κ1) is 14.1. The van der Waals surface area contributed by atoms with E-state index in [9.17, 15) is 4.79 Å². The number of methoxy groups -OCH3 is 1. The van der Waals surface area contributed by atoms with Crippen LogP contribution in [0.25, 0.3) is 11.3 Å². The standard InChI is InChI=1S/C15H18N2O3/c1-4-17-13(15(18)20-5-2)10-12(16-17)11-8-6-7-9-14(11)19-3/h6-10H,4-5H2,1-3H3. The molecule has 5 nitrogen and oxygen atoms in total. The maximum atomic E-state index is 11.9. The van der Waals surface area contributed by atoms with Gasteiger partial charge in [0.25, 0.3) is 0 Å². The second-order valence-corrected chi connectivity index (χ2v) is 4.15. The SMILES string of the molecule is CCOC(=O)c1cc(-c2ccccc2OC)nn1CC. The molecule has 5 heteroatoms. The van der Waals surface area contributed by atoms with Gasteiger partial charge in [-0.25, -0.2) is 4.79 Å². The topological polar surface area (TPSA) is 53.4 Å². The van der Waals surface area contributed by atoms with E-state index in [-0.39, 0.29) is 5.97 Å². The first-order chi connectivity index (χ1) is 9.71. The minimum Gasteiger partial charge on any atom is -0.496 e. The third-order valence-corrected chi connectivity index (χ3v) is 2.95. The Labute approximate surface area is 118 Å². The molecule has 2 rings (SSSR count). The molecule has 0 aliphatic heterocycles. The summed E-state index contributed by atoms with van der Waals surface area (Å²) < 4.78 is 12.0. The predicted molar refractivity (Wildman–Crippen MR) is 75.8 cm³/mol. The Balaban J connectivity index is 2.46. The Hall–Kier alpha value is -2.30. The largest absolute Gasteiger partial charge is 0.496 e. The van der Waals surface area contributed by atoms with Crippen molar-refractivity contribution in [1.82, 2.24) is 9.78 Å². The van der Waals surface area contributed by atoms with Crippen molar-refractivity contribution in [3.05, 3.63) is 36.0 Å². The highest BCUT2D eigenvalue weighted by Gasteiger charge is 2.18. The van der Waals surface area contributed by atoms with Crippen molar-refractivity contribution in [3.8, 4) is 17.0 Å². The predicted octanol–water partition coefficient (Wildman–Crippen LogP) is 2.76. The molecule has 0 saturated heterocycles. The minimum atomic E-state index is -0.358. The number of ether oxygens (including phenoxy) is 2. The molecule has 0 N–H and O–H groups in total. The summed E-state index contributed by atoms with van der Waals surface area (Å²) in [5.74, 6) is 0.367. The van der Waals surface area contributed by atoms with E-state index in [1.54, 1.807) is 24.8 Å². The highest BCUT2D eigenvalue weighted by molar-refractivity contribution is 5.89. The molecule has 0 saturated carbocycles. The van der Waals surface area contributed by atoms with E-state index in [0.717, 1.165) is 11.3 Å². The van der Waals surface area contributed by atoms with Gasteiger partial charge in [-0.3, -0.25) is 4.68 Å². The normalized spacial score (nSPS) is 10.3. The summed E-state index contributed by atoms with van der Waals surface area (Å²) in [6, 6.07) is 9.32. The second-order valence-electron chi connectivity index (χ2n) is 4.15. The van der Waals surface area contributed by atoms with Crippen LogP contribution in [0.4, 0.5) is 0 Å². The van der Waals surface area contributed by atoms with Crippen LogP contribution in [0.3, 0.4) is 0 Å². The summed E-state index contributed by atoms with van der Waals surface area (Å²) in [6.45, 7) is 4.66. The fourth-order valence-electron chi connectivity index (χ4n) is 2.02. The third-order valence-electron chi connectivity index (χ3n) is 2.95. The monoisotopic (exact) mass is 274 g/mol. The van der Waals surface area contributed by atoms with Crippen LogP contribution < -0.4 is 4.74 Å². The van der Waals surface area contributed by atoms with Crippen molar-refractivity contribution in [2.45, 2.75) is 20.4 Å². The number of hydrogen-bond donors (Lipinski definition) is 0. The highest BCUT2D eigenvalue weighted by atomic mass is 16.5. The molecule has 0 fully saturated rings. The maximum Gasteiger partial charge on any atom is 0.356 e. The van der Waals surface area contributed by atoms with Crippen LogP contribution in [0.2, 0.25) is 0 Å². The number of para-hydroxylation sites is 1. The van der Waals surface area contributed by atoms with Gasteiger partial charge in [-0.05, 0) is 32.0 Å². The fraction of sp³-hybridized carbons (Fsp3) is 0.333. The van der Waals surface area contributed by atoms with Crippen LogP contribution in [0.5, 0.6) is 5.75 Å². The Morgan fingerprint density at radius 3 is 2.70 bits per heavy atom. The lowest BCUT2D eigenvalue weighted by Crippen LogP contribution is -2.12. The van der Waals surface area contributed by atoms with E-state index in [1.807, 2.05) is 31.2 Å². The molecule has 0 amide bonds. The molecular weight excluding hydrogens is 256 g/mol. The van der Waals surface area contributed by atoms with Crippen LogP contribution in [-0.4, -0.2) is 29.5 Å². The quantitative estimate of drug-likeness (QED) is 0.787. The average Bonchev–Trinajstić information content (AvgIpc) is 2.91. The van der Waals surface area contributed by atoms with Crippen LogP contribution in [0.1, 0.15) is 24.3 Å². The summed E-state index contributed by atoms with van der Waals surface area (Å²) in [6.07, 6.45) is 0. The average molecular weight is 274 g/mol. The number of carbonyl (C=O) groups excluding carboxylic acids is 1. The van der Waals surface area contributed by atoms with Gasteiger partial charge in [0.1, 0.15) is 11.4 Å². The van der Waals surface area contributed by atoms with Crippen LogP contribution in [0, 0.1) is 0 Å². The second kappa shape index (κ2) is 6.23. The molecular formula is C15H18N2O3. The number of aryl methyl sites for hydroxylation is 1. The van der Waals surface area contributed by atoms with Gasteiger partial charge < -0.3 is 9.47 Å². The summed E-state index contributed by atoms with van der Waals surface area (Å²) in [5.41, 5.74) is 2.01. The van der Waals surface area contributed by atoms with Gasteiger partial charge in [-0.1, -0.05) is 12.1 Å². The molecule has 0 spiro atoms. The summed E-state index contributed by atoms with van der Waals surface area (Å²) in [4.78, 5) is 11.9. The number of benzene rings is 1. The number of hydrogen-bond acceptors (Lipinski definition) is 4. The van der Waals surface area contributed by atoms with E-state index in [0.29, 0.717) is 24.5 Å². The van der Waals surface area contributed by atoms with Crippen LogP contribution in [-0.2, 0) is 11.3 Å². The molecule has 2 aromatic rings. The Bertz CT molecular complexity index is 605. The van der Waals surface area contributed by atoms with Crippen molar-refractivity contribution in [2.24, 2.45) is 0 Å². The number of rotatable bonds is 5. The molecule has 106 valence electrons. The van der Waals surface area contributed by atoms with Crippen LogP contribution >= 0.6 is 0 Å². The lowest BCUT2D eigenvalue weighted by Gasteiger charge is -2.04. The maximum absolute atomic E-state index is 11.9. The Kier molecular flexibility index (Phi) is 4.40. The summed E-state index contributed by atoms with van der Waals surface area (Å²) in [5, 5.41) is 4.45. The van der Waals surface area contributed by atoms with Crippen LogP contribution in [0.15, 0.2) is 30.3 Å². The molecule has 1 aromatic heterocycles. The van der Waals surface area contributed by atoms with Crippen molar-refractivity contribution in [3.63, 3.8) is 0 Å². The van der Waals surface area contributed by atoms with Crippen molar-refractivity contribution < 1.29 is 14.3 Å². The molecule has 0 unspecified atom stereocenters. The number of aromatic nitrogens is 2. The smallest absolute Gasteiger partial charge is 0.356 e. The van der Waals surface area contributed by atoms with Gasteiger partial charge in [0.05, 0.1) is 19.4 Å². The van der Waals surface area contributed by atoms with Gasteiger partial charge in [0.2, 0.25) is 0 Å². The molecule has 0 atom stereocenters. The number of nitrogens with zero attached hydrogens (tertiary/aromatic N) is 2. The van der Waals surface area contributed by atoms with E-state index in [2.05, 4.69) is 5.10 Å². The lowest BCUT2D eigenvalue weighted by atomic mass is 10.1. The van der Waals surface area contributed by atoms with Gasteiger partial charge in [-0.2, -0.15) is 5.10 Å². The van der Waals surface area contributed by atoms with E-state index >= 15 is 0 Å². The first-order valence-corrected chi connectivity index (χ1v) is 6.59. The van der Waals surface area contributed by atoms with Crippen molar-refractivity contribution in [2.75, 3.05) is 13.7 Å².